The highest BCUT2D eigenvalue weighted by molar-refractivity contribution is 5.71. The molecule has 1 saturated heterocycles. The van der Waals surface area contributed by atoms with Crippen molar-refractivity contribution in [2.45, 2.75) is 45.3 Å². The minimum Gasteiger partial charge on any atom is -0.465 e. The van der Waals surface area contributed by atoms with Crippen molar-refractivity contribution in [1.29, 1.82) is 0 Å². The first kappa shape index (κ1) is 17.5. The SMILES string of the molecule is CCOC(=O)CN1CCC[C@H](OC(=O)C[C@H](C)n2cccc2)C1. The lowest BCUT2D eigenvalue weighted by Crippen LogP contribution is -2.43. The predicted octanol–water partition coefficient (Wildman–Crippen LogP) is 2.01. The van der Waals surface area contributed by atoms with Gasteiger partial charge in [-0.2, -0.15) is 0 Å². The number of nitrogens with zero attached hydrogens (tertiary/aromatic N) is 2. The third-order valence-electron chi connectivity index (χ3n) is 4.02. The van der Waals surface area contributed by atoms with Crippen molar-refractivity contribution in [2.24, 2.45) is 0 Å². The molecule has 0 amide bonds. The Bertz CT molecular complexity index is 501. The average molecular weight is 322 g/mol. The van der Waals surface area contributed by atoms with Crippen LogP contribution in [0.15, 0.2) is 24.5 Å². The van der Waals surface area contributed by atoms with Crippen molar-refractivity contribution in [3.63, 3.8) is 0 Å². The fourth-order valence-electron chi connectivity index (χ4n) is 2.86. The third-order valence-corrected chi connectivity index (χ3v) is 4.02. The lowest BCUT2D eigenvalue weighted by Gasteiger charge is -2.31. The summed E-state index contributed by atoms with van der Waals surface area (Å²) in [5.74, 6) is -0.408. The molecule has 0 aliphatic carbocycles. The molecule has 128 valence electrons. The first-order valence-corrected chi connectivity index (χ1v) is 8.28. The second-order valence-corrected chi connectivity index (χ2v) is 5.98. The molecule has 0 radical (unpaired) electrons. The summed E-state index contributed by atoms with van der Waals surface area (Å²) in [5.41, 5.74) is 0. The highest BCUT2D eigenvalue weighted by atomic mass is 16.5. The van der Waals surface area contributed by atoms with Gasteiger partial charge in [0.1, 0.15) is 6.10 Å². The normalized spacial score (nSPS) is 20.0. The van der Waals surface area contributed by atoms with Crippen LogP contribution in [0.1, 0.15) is 39.2 Å². The van der Waals surface area contributed by atoms with Gasteiger partial charge in [-0.1, -0.05) is 0 Å². The zero-order valence-corrected chi connectivity index (χ0v) is 13.9. The largest absolute Gasteiger partial charge is 0.465 e. The van der Waals surface area contributed by atoms with Crippen LogP contribution in [-0.2, 0) is 19.1 Å². The van der Waals surface area contributed by atoms with Crippen LogP contribution in [0.25, 0.3) is 0 Å². The van der Waals surface area contributed by atoms with Crippen molar-refractivity contribution >= 4 is 11.9 Å². The quantitative estimate of drug-likeness (QED) is 0.719. The maximum atomic E-state index is 12.1. The fourth-order valence-corrected chi connectivity index (χ4v) is 2.86. The molecule has 0 saturated carbocycles. The molecule has 1 aliphatic heterocycles. The Morgan fingerprint density at radius 3 is 2.70 bits per heavy atom. The second kappa shape index (κ2) is 8.72. The molecule has 6 nitrogen and oxygen atoms in total. The van der Waals surface area contributed by atoms with Gasteiger partial charge in [-0.15, -0.1) is 0 Å². The molecule has 2 atom stereocenters. The van der Waals surface area contributed by atoms with E-state index in [0.29, 0.717) is 19.6 Å². The van der Waals surface area contributed by atoms with Crippen molar-refractivity contribution < 1.29 is 19.1 Å². The molecule has 1 aromatic rings. The number of carbonyl (C=O) groups is 2. The molecular formula is C17H26N2O4. The Balaban J connectivity index is 1.75. The Hall–Kier alpha value is -1.82. The van der Waals surface area contributed by atoms with Gasteiger partial charge in [0, 0.05) is 25.0 Å². The van der Waals surface area contributed by atoms with Crippen LogP contribution in [-0.4, -0.2) is 53.8 Å². The summed E-state index contributed by atoms with van der Waals surface area (Å²) in [5, 5.41) is 0. The molecule has 2 heterocycles. The molecule has 0 bridgehead atoms. The van der Waals surface area contributed by atoms with E-state index in [9.17, 15) is 9.59 Å². The number of hydrogen-bond acceptors (Lipinski definition) is 5. The van der Waals surface area contributed by atoms with E-state index in [1.54, 1.807) is 6.92 Å². The van der Waals surface area contributed by atoms with Crippen molar-refractivity contribution in [3.8, 4) is 0 Å². The fraction of sp³-hybridized carbons (Fsp3) is 0.647. The van der Waals surface area contributed by atoms with E-state index in [0.717, 1.165) is 19.4 Å². The van der Waals surface area contributed by atoms with E-state index >= 15 is 0 Å². The molecule has 23 heavy (non-hydrogen) atoms. The van der Waals surface area contributed by atoms with Gasteiger partial charge in [-0.25, -0.2) is 0 Å². The van der Waals surface area contributed by atoms with Crippen LogP contribution in [0.4, 0.5) is 0 Å². The second-order valence-electron chi connectivity index (χ2n) is 5.98. The Kier molecular flexibility index (Phi) is 6.65. The molecule has 1 fully saturated rings. The molecule has 1 aliphatic rings. The predicted molar refractivity (Wildman–Crippen MR) is 85.9 cm³/mol. The number of ether oxygens (including phenoxy) is 2. The van der Waals surface area contributed by atoms with Crippen LogP contribution < -0.4 is 0 Å². The van der Waals surface area contributed by atoms with Crippen LogP contribution in [0.5, 0.6) is 0 Å². The van der Waals surface area contributed by atoms with E-state index in [-0.39, 0.29) is 30.6 Å². The summed E-state index contributed by atoms with van der Waals surface area (Å²) >= 11 is 0. The molecule has 0 N–H and O–H groups in total. The van der Waals surface area contributed by atoms with Gasteiger partial charge in [-0.3, -0.25) is 14.5 Å². The zero-order chi connectivity index (χ0) is 16.7. The zero-order valence-electron chi connectivity index (χ0n) is 13.9. The van der Waals surface area contributed by atoms with Crippen LogP contribution in [0.3, 0.4) is 0 Å². The number of hydrogen-bond donors (Lipinski definition) is 0. The Labute approximate surface area is 137 Å². The van der Waals surface area contributed by atoms with Gasteiger partial charge in [0.2, 0.25) is 0 Å². The highest BCUT2D eigenvalue weighted by Crippen LogP contribution is 2.17. The van der Waals surface area contributed by atoms with Gasteiger partial charge in [0.15, 0.2) is 0 Å². The minimum atomic E-state index is -0.222. The summed E-state index contributed by atoms with van der Waals surface area (Å²) in [6.07, 6.45) is 5.87. The summed E-state index contributed by atoms with van der Waals surface area (Å²) in [7, 11) is 0. The molecule has 6 heteroatoms. The molecule has 0 unspecified atom stereocenters. The van der Waals surface area contributed by atoms with Crippen LogP contribution >= 0.6 is 0 Å². The van der Waals surface area contributed by atoms with E-state index in [1.165, 1.54) is 0 Å². The maximum Gasteiger partial charge on any atom is 0.320 e. The third kappa shape index (κ3) is 5.71. The number of piperidine rings is 1. The van der Waals surface area contributed by atoms with E-state index in [1.807, 2.05) is 40.9 Å². The highest BCUT2D eigenvalue weighted by Gasteiger charge is 2.25. The maximum absolute atomic E-state index is 12.1. The number of esters is 2. The van der Waals surface area contributed by atoms with Crippen molar-refractivity contribution in [2.75, 3.05) is 26.2 Å². The van der Waals surface area contributed by atoms with Crippen LogP contribution in [0.2, 0.25) is 0 Å². The summed E-state index contributed by atoms with van der Waals surface area (Å²) in [6, 6.07) is 3.96. The first-order valence-electron chi connectivity index (χ1n) is 8.28. The Morgan fingerprint density at radius 2 is 2.00 bits per heavy atom. The van der Waals surface area contributed by atoms with E-state index < -0.39 is 0 Å². The van der Waals surface area contributed by atoms with Gasteiger partial charge >= 0.3 is 11.9 Å². The first-order chi connectivity index (χ1) is 11.1. The molecular weight excluding hydrogens is 296 g/mol. The van der Waals surface area contributed by atoms with Gasteiger partial charge in [0.05, 0.1) is 19.6 Å². The molecule has 0 aromatic carbocycles. The summed E-state index contributed by atoms with van der Waals surface area (Å²) in [6.45, 7) is 5.89. The van der Waals surface area contributed by atoms with Crippen LogP contribution in [0, 0.1) is 0 Å². The van der Waals surface area contributed by atoms with E-state index in [4.69, 9.17) is 9.47 Å². The number of rotatable bonds is 7. The van der Waals surface area contributed by atoms with E-state index in [2.05, 4.69) is 0 Å². The van der Waals surface area contributed by atoms with Gasteiger partial charge in [0.25, 0.3) is 0 Å². The average Bonchev–Trinajstić information content (AvgIpc) is 3.01. The molecule has 2 rings (SSSR count). The van der Waals surface area contributed by atoms with Crippen molar-refractivity contribution in [3.05, 3.63) is 24.5 Å². The van der Waals surface area contributed by atoms with Gasteiger partial charge < -0.3 is 14.0 Å². The monoisotopic (exact) mass is 322 g/mol. The standard InChI is InChI=1S/C17H26N2O4/c1-3-22-17(21)13-18-8-6-7-15(12-18)23-16(20)11-14(2)19-9-4-5-10-19/h4-5,9-10,14-15H,3,6-8,11-13H2,1-2H3/t14-,15-/m0/s1. The number of carbonyl (C=O) groups excluding carboxylic acids is 2. The topological polar surface area (TPSA) is 60.8 Å². The lowest BCUT2D eigenvalue weighted by molar-refractivity contribution is -0.153. The number of aromatic nitrogens is 1. The Morgan fingerprint density at radius 1 is 1.26 bits per heavy atom. The minimum absolute atomic E-state index is 0.0803. The lowest BCUT2D eigenvalue weighted by atomic mass is 10.1. The summed E-state index contributed by atoms with van der Waals surface area (Å²) in [4.78, 5) is 25.6. The molecule has 0 spiro atoms. The number of likely N-dealkylation sites (tertiary alicyclic amines) is 1. The molecule has 1 aromatic heterocycles. The smallest absolute Gasteiger partial charge is 0.320 e. The van der Waals surface area contributed by atoms with Gasteiger partial charge in [-0.05, 0) is 45.4 Å². The summed E-state index contributed by atoms with van der Waals surface area (Å²) < 4.78 is 12.5. The van der Waals surface area contributed by atoms with Crippen molar-refractivity contribution in [1.82, 2.24) is 9.47 Å².